The van der Waals surface area contributed by atoms with E-state index in [1.54, 1.807) is 0 Å². The van der Waals surface area contributed by atoms with Gasteiger partial charge in [-0.25, -0.2) is 0 Å². The molecule has 0 spiro atoms. The second-order valence-electron chi connectivity index (χ2n) is 1.38. The molecular weight excluding hydrogens is 581 g/mol. The maximum Gasteiger partial charge on any atom is 3.00 e. The molecule has 25 heavy (non-hydrogen) atoms. The second kappa shape index (κ2) is 36.9. The van der Waals surface area contributed by atoms with Gasteiger partial charge in [0.25, 0.3) is 15.3 Å². The number of rotatable bonds is 0. The van der Waals surface area contributed by atoms with Gasteiger partial charge in [0.05, 0.1) is 15.3 Å². The first kappa shape index (κ1) is 42.9. The van der Waals surface area contributed by atoms with E-state index in [9.17, 15) is 0 Å². The fourth-order valence-corrected chi connectivity index (χ4v) is 0. The molecule has 24 nitrogen and oxygen atoms in total. The third-order valence-corrected chi connectivity index (χ3v) is 0. The molecule has 0 amide bonds. The summed E-state index contributed by atoms with van der Waals surface area (Å²) in [5.41, 5.74) is 0. The molecule has 0 unspecified atom stereocenters. The van der Waals surface area contributed by atoms with Crippen LogP contribution >= 0.6 is 0 Å². The molecule has 0 aliphatic rings. The van der Waals surface area contributed by atoms with Crippen molar-refractivity contribution in [3.63, 3.8) is 0 Å². The quantitative estimate of drug-likeness (QED) is 0.155. The SMILES string of the molecule is O=[N+]([O-])O.O=[N+]([O-])O.O=[N+]([O-])O.O=[N+]([O-])[O-].O=[N+]([O-])[O-].O=[N+]([O-])[O-].[Bi+3]. The Labute approximate surface area is 149 Å². The standard InChI is InChI=1S/Bi.3HNO3.3NO3/c;6*2-1(3)4/h;3*(H,2,3,4);;;/q+3;;;;3*-1. The predicted molar refractivity (Wildman–Crippen MR) is 63.2 cm³/mol. The molecule has 0 aromatic rings. The van der Waals surface area contributed by atoms with Gasteiger partial charge >= 0.3 is 26.2 Å². The third-order valence-electron chi connectivity index (χ3n) is 0. The average Bonchev–Trinajstić information content (AvgIpc) is 2.08. The van der Waals surface area contributed by atoms with Crippen LogP contribution in [-0.2, 0) is 0 Å². The van der Waals surface area contributed by atoms with Crippen molar-refractivity contribution in [3.8, 4) is 0 Å². The number of nitrogens with zero attached hydrogens (tertiary/aromatic N) is 6. The van der Waals surface area contributed by atoms with Gasteiger partial charge in [-0.3, -0.25) is 0 Å². The summed E-state index contributed by atoms with van der Waals surface area (Å²) in [5.74, 6) is 0. The van der Waals surface area contributed by atoms with Gasteiger partial charge in [-0.2, -0.15) is 0 Å². The van der Waals surface area contributed by atoms with Crippen LogP contribution in [0.25, 0.3) is 0 Å². The van der Waals surface area contributed by atoms with Crippen molar-refractivity contribution in [2.75, 3.05) is 0 Å². The fourth-order valence-electron chi connectivity index (χ4n) is 0. The van der Waals surface area contributed by atoms with Crippen LogP contribution in [0.3, 0.4) is 0 Å². The van der Waals surface area contributed by atoms with Gasteiger partial charge in [0.2, 0.25) is 0 Å². The Morgan fingerprint density at radius 1 is 0.400 bits per heavy atom. The zero-order chi connectivity index (χ0) is 21.5. The van der Waals surface area contributed by atoms with Gasteiger partial charge in [0, 0.05) is 0 Å². The Morgan fingerprint density at radius 3 is 0.400 bits per heavy atom. The van der Waals surface area contributed by atoms with Gasteiger partial charge in [-0.1, -0.05) is 0 Å². The smallest absolute Gasteiger partial charge is 0.356 e. The summed E-state index contributed by atoms with van der Waals surface area (Å²) >= 11 is 0. The molecule has 0 saturated carbocycles. The molecule has 2 radical (unpaired) electrons. The summed E-state index contributed by atoms with van der Waals surface area (Å²) < 4.78 is 0. The van der Waals surface area contributed by atoms with Gasteiger partial charge < -0.3 is 61.6 Å². The van der Waals surface area contributed by atoms with E-state index >= 15 is 0 Å². The zero-order valence-electron chi connectivity index (χ0n) is 10.6. The van der Waals surface area contributed by atoms with Crippen molar-refractivity contribution in [2.45, 2.75) is 0 Å². The van der Waals surface area contributed by atoms with Crippen molar-refractivity contribution in [3.05, 3.63) is 76.3 Å². The Morgan fingerprint density at radius 2 is 0.400 bits per heavy atom. The average molecular weight is 584 g/mol. The maximum atomic E-state index is 8.36. The molecule has 0 atom stereocenters. The van der Waals surface area contributed by atoms with Gasteiger partial charge in [-0.05, 0) is 0 Å². The van der Waals surface area contributed by atoms with Crippen molar-refractivity contribution in [1.29, 1.82) is 0 Å². The fraction of sp³-hybridized carbons (Fsp3) is 0. The second-order valence-corrected chi connectivity index (χ2v) is 1.38. The minimum atomic E-state index is -1.75. The van der Waals surface area contributed by atoms with Gasteiger partial charge in [0.1, 0.15) is 0 Å². The van der Waals surface area contributed by atoms with Crippen molar-refractivity contribution >= 4 is 26.2 Å². The first-order chi connectivity index (χ1) is 10.4. The van der Waals surface area contributed by atoms with E-state index in [2.05, 4.69) is 0 Å². The Hall–Kier alpha value is -3.92. The zero-order valence-corrected chi connectivity index (χ0v) is 14.1. The molecule has 0 aromatic heterocycles. The molecule has 0 heterocycles. The Bertz CT molecular complexity index is 257. The molecule has 25 heteroatoms. The minimum Gasteiger partial charge on any atom is -0.356 e. The van der Waals surface area contributed by atoms with Crippen LogP contribution in [0.1, 0.15) is 0 Å². The van der Waals surface area contributed by atoms with Crippen LogP contribution in [0.15, 0.2) is 0 Å². The number of hydrogen-bond donors (Lipinski definition) is 3. The molecule has 0 aliphatic carbocycles. The molecule has 146 valence electrons. The topological polar surface area (TPSA) is 389 Å². The molecule has 0 rings (SSSR count). The predicted octanol–water partition coefficient (Wildman–Crippen LogP) is -2.14. The molecule has 0 saturated heterocycles. The number of hydrogen-bond acceptors (Lipinski definition) is 15. The van der Waals surface area contributed by atoms with E-state index in [1.807, 2.05) is 0 Å². The van der Waals surface area contributed by atoms with Crippen LogP contribution in [0.4, 0.5) is 0 Å². The van der Waals surface area contributed by atoms with Crippen LogP contribution in [0.5, 0.6) is 0 Å². The third kappa shape index (κ3) is 428. The molecule has 0 fully saturated rings. The van der Waals surface area contributed by atoms with Crippen molar-refractivity contribution in [2.24, 2.45) is 0 Å². The first-order valence-electron chi connectivity index (χ1n) is 3.34. The minimum absolute atomic E-state index is 0. The van der Waals surface area contributed by atoms with Crippen LogP contribution in [-0.4, -0.2) is 72.3 Å². The van der Waals surface area contributed by atoms with Gasteiger partial charge in [-0.15, -0.1) is 30.3 Å². The summed E-state index contributed by atoms with van der Waals surface area (Å²) in [6, 6.07) is 0. The summed E-state index contributed by atoms with van der Waals surface area (Å²) in [7, 11) is 0. The van der Waals surface area contributed by atoms with Crippen molar-refractivity contribution in [1.82, 2.24) is 0 Å². The summed E-state index contributed by atoms with van der Waals surface area (Å²) in [6.07, 6.45) is 0. The first-order valence-corrected chi connectivity index (χ1v) is 3.34. The van der Waals surface area contributed by atoms with Crippen molar-refractivity contribution < 1.29 is 46.1 Å². The Kier molecular flexibility index (Phi) is 63.2. The maximum absolute atomic E-state index is 8.36. The summed E-state index contributed by atoms with van der Waals surface area (Å²) in [5, 5.41) is 85.2. The van der Waals surface area contributed by atoms with E-state index in [0.717, 1.165) is 0 Å². The molecule has 3 N–H and O–H groups in total. The summed E-state index contributed by atoms with van der Waals surface area (Å²) in [6.45, 7) is 0. The van der Waals surface area contributed by atoms with Crippen LogP contribution < -0.4 is 0 Å². The van der Waals surface area contributed by atoms with Crippen LogP contribution in [0.2, 0.25) is 0 Å². The van der Waals surface area contributed by atoms with E-state index in [1.165, 1.54) is 0 Å². The molecule has 0 aromatic carbocycles. The monoisotopic (exact) mass is 584 g/mol. The van der Waals surface area contributed by atoms with E-state index < -0.39 is 30.5 Å². The Balaban J connectivity index is -0.0000000309. The van der Waals surface area contributed by atoms with Crippen LogP contribution in [0, 0.1) is 76.3 Å². The van der Waals surface area contributed by atoms with E-state index in [0.29, 0.717) is 0 Å². The molecule has 0 aliphatic heterocycles. The molecular formula is H3BiN6O18. The largest absolute Gasteiger partial charge is 3.00 e. The van der Waals surface area contributed by atoms with Gasteiger partial charge in [0.15, 0.2) is 0 Å². The summed E-state index contributed by atoms with van der Waals surface area (Å²) in [4.78, 5) is 49.8. The normalized spacial score (nSPS) is 5.76. The van der Waals surface area contributed by atoms with E-state index in [4.69, 9.17) is 91.9 Å². The van der Waals surface area contributed by atoms with E-state index in [-0.39, 0.29) is 26.2 Å². The molecule has 0 bridgehead atoms.